The van der Waals surface area contributed by atoms with Gasteiger partial charge in [-0.05, 0) is 34.9 Å². The van der Waals surface area contributed by atoms with Crippen molar-refractivity contribution in [2.75, 3.05) is 0 Å². The van der Waals surface area contributed by atoms with Crippen LogP contribution in [0.3, 0.4) is 0 Å². The average Bonchev–Trinajstić information content (AvgIpc) is 2.76. The van der Waals surface area contributed by atoms with Crippen LogP contribution in [0.2, 0.25) is 0 Å². The van der Waals surface area contributed by atoms with Gasteiger partial charge in [-0.2, -0.15) is 0 Å². The van der Waals surface area contributed by atoms with Crippen molar-refractivity contribution in [3.05, 3.63) is 23.9 Å². The molecule has 2 heterocycles. The summed E-state index contributed by atoms with van der Waals surface area (Å²) in [6.07, 6.45) is 1.77. The number of aromatic nitrogens is 5. The van der Waals surface area contributed by atoms with E-state index in [0.717, 1.165) is 11.3 Å². The Kier molecular flexibility index (Phi) is 3.84. The highest BCUT2D eigenvalue weighted by Gasteiger charge is 2.16. The molecule has 2 aromatic rings. The molecule has 0 aliphatic carbocycles. The van der Waals surface area contributed by atoms with Crippen LogP contribution >= 0.6 is 0 Å². The summed E-state index contributed by atoms with van der Waals surface area (Å²) in [4.78, 5) is 14.9. The summed E-state index contributed by atoms with van der Waals surface area (Å²) >= 11 is 0. The van der Waals surface area contributed by atoms with Crippen LogP contribution in [0.1, 0.15) is 18.9 Å². The van der Waals surface area contributed by atoms with Crippen molar-refractivity contribution in [3.63, 3.8) is 0 Å². The predicted octanol–water partition coefficient (Wildman–Crippen LogP) is 1.15. The first-order valence-corrected chi connectivity index (χ1v) is 5.98. The zero-order valence-corrected chi connectivity index (χ0v) is 10.8. The SMILES string of the molecule is Cc1cccnc1-c1nnnn1CC(C)CC(=O)O. The minimum absolute atomic E-state index is 0.0521. The Labute approximate surface area is 110 Å². The summed E-state index contributed by atoms with van der Waals surface area (Å²) in [7, 11) is 0. The van der Waals surface area contributed by atoms with E-state index in [1.165, 1.54) is 0 Å². The van der Waals surface area contributed by atoms with Crippen LogP contribution < -0.4 is 0 Å². The minimum atomic E-state index is -0.823. The molecule has 1 unspecified atom stereocenters. The Morgan fingerprint density at radius 1 is 1.53 bits per heavy atom. The van der Waals surface area contributed by atoms with Crippen molar-refractivity contribution < 1.29 is 9.90 Å². The van der Waals surface area contributed by atoms with Crippen molar-refractivity contribution in [3.8, 4) is 11.5 Å². The summed E-state index contributed by atoms with van der Waals surface area (Å²) < 4.78 is 1.60. The van der Waals surface area contributed by atoms with Crippen LogP contribution in [0.15, 0.2) is 18.3 Å². The lowest BCUT2D eigenvalue weighted by atomic mass is 10.1. The van der Waals surface area contributed by atoms with E-state index in [9.17, 15) is 4.79 Å². The second-order valence-electron chi connectivity index (χ2n) is 4.56. The average molecular weight is 261 g/mol. The molecule has 0 amide bonds. The summed E-state index contributed by atoms with van der Waals surface area (Å²) in [5, 5.41) is 20.3. The van der Waals surface area contributed by atoms with Crippen molar-refractivity contribution in [2.24, 2.45) is 5.92 Å². The number of aryl methyl sites for hydroxylation is 1. The summed E-state index contributed by atoms with van der Waals surface area (Å²) in [5.74, 6) is -0.310. The lowest BCUT2D eigenvalue weighted by Crippen LogP contribution is -2.14. The zero-order chi connectivity index (χ0) is 13.8. The first-order chi connectivity index (χ1) is 9.08. The highest BCUT2D eigenvalue weighted by atomic mass is 16.4. The number of nitrogens with zero attached hydrogens (tertiary/aromatic N) is 5. The maximum absolute atomic E-state index is 10.7. The summed E-state index contributed by atoms with van der Waals surface area (Å²) in [5.41, 5.74) is 1.69. The molecule has 2 aromatic heterocycles. The van der Waals surface area contributed by atoms with Crippen molar-refractivity contribution >= 4 is 5.97 Å². The van der Waals surface area contributed by atoms with E-state index in [0.29, 0.717) is 12.4 Å². The topological polar surface area (TPSA) is 93.8 Å². The van der Waals surface area contributed by atoms with Gasteiger partial charge in [0.2, 0.25) is 5.82 Å². The molecule has 7 heteroatoms. The Hall–Kier alpha value is -2.31. The largest absolute Gasteiger partial charge is 0.481 e. The quantitative estimate of drug-likeness (QED) is 0.867. The number of hydrogen-bond donors (Lipinski definition) is 1. The number of carbonyl (C=O) groups is 1. The van der Waals surface area contributed by atoms with E-state index in [4.69, 9.17) is 5.11 Å². The van der Waals surface area contributed by atoms with Gasteiger partial charge in [0.1, 0.15) is 5.69 Å². The van der Waals surface area contributed by atoms with Gasteiger partial charge in [0.15, 0.2) is 0 Å². The number of hydrogen-bond acceptors (Lipinski definition) is 5. The fourth-order valence-electron chi connectivity index (χ4n) is 1.87. The molecule has 0 radical (unpaired) electrons. The first kappa shape index (κ1) is 13.1. The Balaban J connectivity index is 2.23. The molecule has 0 fully saturated rings. The molecule has 7 nitrogen and oxygen atoms in total. The molecule has 1 atom stereocenters. The number of rotatable bonds is 5. The third-order valence-corrected chi connectivity index (χ3v) is 2.76. The fraction of sp³-hybridized carbons (Fsp3) is 0.417. The van der Waals surface area contributed by atoms with Gasteiger partial charge >= 0.3 is 5.97 Å². The maximum atomic E-state index is 10.7. The molecule has 100 valence electrons. The van der Waals surface area contributed by atoms with E-state index >= 15 is 0 Å². The zero-order valence-electron chi connectivity index (χ0n) is 10.8. The third-order valence-electron chi connectivity index (χ3n) is 2.76. The number of tetrazole rings is 1. The number of carboxylic acid groups (broad SMARTS) is 1. The second kappa shape index (κ2) is 5.55. The molecule has 1 N–H and O–H groups in total. The van der Waals surface area contributed by atoms with Crippen LogP contribution in [0.4, 0.5) is 0 Å². The smallest absolute Gasteiger partial charge is 0.303 e. The first-order valence-electron chi connectivity index (χ1n) is 5.98. The van der Waals surface area contributed by atoms with Crippen molar-refractivity contribution in [2.45, 2.75) is 26.8 Å². The van der Waals surface area contributed by atoms with Crippen LogP contribution in [-0.4, -0.2) is 36.3 Å². The third kappa shape index (κ3) is 3.12. The van der Waals surface area contributed by atoms with Gasteiger partial charge < -0.3 is 5.11 Å². The number of carboxylic acids is 1. The molecule has 0 saturated carbocycles. The van der Waals surface area contributed by atoms with Crippen LogP contribution in [0.25, 0.3) is 11.5 Å². The van der Waals surface area contributed by atoms with Gasteiger partial charge in [0.25, 0.3) is 0 Å². The molecule has 0 bridgehead atoms. The van der Waals surface area contributed by atoms with Crippen LogP contribution in [0.5, 0.6) is 0 Å². The maximum Gasteiger partial charge on any atom is 0.303 e. The monoisotopic (exact) mass is 261 g/mol. The number of pyridine rings is 1. The predicted molar refractivity (Wildman–Crippen MR) is 67.2 cm³/mol. The molecule has 19 heavy (non-hydrogen) atoms. The normalized spacial score (nSPS) is 12.3. The molecular formula is C12H15N5O2. The second-order valence-corrected chi connectivity index (χ2v) is 4.56. The molecule has 0 aliphatic rings. The summed E-state index contributed by atoms with van der Waals surface area (Å²) in [6, 6.07) is 3.78. The standard InChI is InChI=1S/C12H15N5O2/c1-8(6-10(18)19)7-17-12(14-15-16-17)11-9(2)4-3-5-13-11/h3-5,8H,6-7H2,1-2H3,(H,18,19). The molecule has 0 saturated heterocycles. The number of aliphatic carboxylic acids is 1. The van der Waals surface area contributed by atoms with Gasteiger partial charge in [0, 0.05) is 19.2 Å². The fourth-order valence-corrected chi connectivity index (χ4v) is 1.87. The Morgan fingerprint density at radius 2 is 2.32 bits per heavy atom. The lowest BCUT2D eigenvalue weighted by molar-refractivity contribution is -0.138. The Bertz CT molecular complexity index is 581. The van der Waals surface area contributed by atoms with Gasteiger partial charge in [0.05, 0.1) is 0 Å². The van der Waals surface area contributed by atoms with Gasteiger partial charge in [-0.25, -0.2) is 4.68 Å². The lowest BCUT2D eigenvalue weighted by Gasteiger charge is -2.10. The van der Waals surface area contributed by atoms with Gasteiger partial charge in [-0.15, -0.1) is 5.10 Å². The molecule has 0 aliphatic heterocycles. The molecule has 2 rings (SSSR count). The van der Waals surface area contributed by atoms with E-state index < -0.39 is 5.97 Å². The van der Waals surface area contributed by atoms with Crippen molar-refractivity contribution in [1.29, 1.82) is 0 Å². The highest BCUT2D eigenvalue weighted by molar-refractivity contribution is 5.66. The highest BCUT2D eigenvalue weighted by Crippen LogP contribution is 2.18. The minimum Gasteiger partial charge on any atom is -0.481 e. The van der Waals surface area contributed by atoms with Crippen LogP contribution in [0, 0.1) is 12.8 Å². The molecule has 0 aromatic carbocycles. The van der Waals surface area contributed by atoms with E-state index in [1.54, 1.807) is 10.9 Å². The summed E-state index contributed by atoms with van der Waals surface area (Å²) in [6.45, 7) is 4.23. The van der Waals surface area contributed by atoms with Gasteiger partial charge in [-0.3, -0.25) is 9.78 Å². The van der Waals surface area contributed by atoms with E-state index in [-0.39, 0.29) is 12.3 Å². The van der Waals surface area contributed by atoms with E-state index in [1.807, 2.05) is 26.0 Å². The molecular weight excluding hydrogens is 246 g/mol. The Morgan fingerprint density at radius 3 is 3.00 bits per heavy atom. The van der Waals surface area contributed by atoms with E-state index in [2.05, 4.69) is 20.5 Å². The van der Waals surface area contributed by atoms with Gasteiger partial charge in [-0.1, -0.05) is 13.0 Å². The molecule has 0 spiro atoms. The van der Waals surface area contributed by atoms with Crippen molar-refractivity contribution in [1.82, 2.24) is 25.2 Å². The van der Waals surface area contributed by atoms with Crippen LogP contribution in [-0.2, 0) is 11.3 Å².